The van der Waals surface area contributed by atoms with E-state index in [9.17, 15) is 14.4 Å². The Kier molecular flexibility index (Phi) is 5.71. The molecule has 1 N–H and O–H groups in total. The number of esters is 1. The lowest BCUT2D eigenvalue weighted by Crippen LogP contribution is -2.37. The minimum Gasteiger partial charge on any atom is -0.455 e. The molecule has 2 bridgehead atoms. The molecule has 2 aromatic carbocycles. The van der Waals surface area contributed by atoms with E-state index in [0.717, 1.165) is 36.1 Å². The molecular weight excluding hydrogens is 378 g/mol. The highest BCUT2D eigenvalue weighted by Crippen LogP contribution is 2.53. The number of Topliss-reactive ketones (excluding diaryl/α,β-unsaturated/α-hetero) is 1. The fourth-order valence-corrected chi connectivity index (χ4v) is 5.22. The number of nitrogens with one attached hydrogen (secondary N) is 1. The van der Waals surface area contributed by atoms with Crippen molar-refractivity contribution in [2.24, 2.45) is 23.7 Å². The van der Waals surface area contributed by atoms with E-state index < -0.39 is 11.9 Å². The summed E-state index contributed by atoms with van der Waals surface area (Å²) < 4.78 is 5.41. The van der Waals surface area contributed by atoms with Crippen LogP contribution in [0.5, 0.6) is 0 Å². The van der Waals surface area contributed by atoms with Crippen molar-refractivity contribution >= 4 is 23.3 Å². The third kappa shape index (κ3) is 3.89. The third-order valence-electron chi connectivity index (χ3n) is 6.64. The number of ketones is 1. The van der Waals surface area contributed by atoms with Crippen LogP contribution >= 0.6 is 0 Å². The van der Waals surface area contributed by atoms with Gasteiger partial charge in [-0.2, -0.15) is 0 Å². The molecule has 156 valence electrons. The van der Waals surface area contributed by atoms with Crippen molar-refractivity contribution < 1.29 is 19.1 Å². The van der Waals surface area contributed by atoms with Gasteiger partial charge in [0.15, 0.2) is 12.4 Å². The van der Waals surface area contributed by atoms with Crippen LogP contribution in [0, 0.1) is 37.5 Å². The monoisotopic (exact) mass is 405 g/mol. The Balaban J connectivity index is 1.42. The Hall–Kier alpha value is -2.95. The molecule has 0 unspecified atom stereocenters. The zero-order valence-corrected chi connectivity index (χ0v) is 17.4. The maximum Gasteiger partial charge on any atom is 0.310 e. The van der Waals surface area contributed by atoms with E-state index in [2.05, 4.69) is 5.32 Å². The predicted molar refractivity (Wildman–Crippen MR) is 114 cm³/mol. The standard InChI is InChI=1S/C25H27NO4/c1-15-7-6-8-16(2)23(15)26-20(27)14-30-25(29)22-19-12-11-18(13-19)21(22)24(28)17-9-4-3-5-10-17/h3-10,18-19,21-22H,11-14H2,1-2H3,(H,26,27)/t18-,19-,21+,22-/m0/s1. The number of anilines is 1. The van der Waals surface area contributed by atoms with Crippen molar-refractivity contribution in [1.29, 1.82) is 0 Å². The number of para-hydroxylation sites is 1. The second-order valence-corrected chi connectivity index (χ2v) is 8.54. The summed E-state index contributed by atoms with van der Waals surface area (Å²) in [4.78, 5) is 38.4. The molecule has 0 saturated heterocycles. The summed E-state index contributed by atoms with van der Waals surface area (Å²) in [6, 6.07) is 14.9. The van der Waals surface area contributed by atoms with Gasteiger partial charge in [0, 0.05) is 17.2 Å². The molecule has 4 rings (SSSR count). The van der Waals surface area contributed by atoms with Crippen molar-refractivity contribution in [3.05, 3.63) is 65.2 Å². The van der Waals surface area contributed by atoms with Gasteiger partial charge in [-0.3, -0.25) is 14.4 Å². The van der Waals surface area contributed by atoms with Crippen LogP contribution < -0.4 is 5.32 Å². The number of fused-ring (bicyclic) bond motifs is 2. The maximum absolute atomic E-state index is 13.1. The van der Waals surface area contributed by atoms with Crippen LogP contribution in [-0.2, 0) is 14.3 Å². The van der Waals surface area contributed by atoms with E-state index in [-0.39, 0.29) is 36.1 Å². The predicted octanol–water partition coefficient (Wildman–Crippen LogP) is 4.33. The first-order chi connectivity index (χ1) is 14.5. The highest BCUT2D eigenvalue weighted by molar-refractivity contribution is 6.01. The maximum atomic E-state index is 13.1. The summed E-state index contributed by atoms with van der Waals surface area (Å²) in [6.45, 7) is 3.50. The van der Waals surface area contributed by atoms with Gasteiger partial charge in [0.2, 0.25) is 0 Å². The average molecular weight is 405 g/mol. The van der Waals surface area contributed by atoms with Gasteiger partial charge in [0.05, 0.1) is 5.92 Å². The summed E-state index contributed by atoms with van der Waals surface area (Å²) in [5, 5.41) is 2.84. The van der Waals surface area contributed by atoms with E-state index in [1.165, 1.54) is 0 Å². The molecule has 5 heteroatoms. The molecule has 0 spiro atoms. The summed E-state index contributed by atoms with van der Waals surface area (Å²) in [5.41, 5.74) is 3.30. The molecule has 5 nitrogen and oxygen atoms in total. The minimum atomic E-state index is -0.454. The number of hydrogen-bond donors (Lipinski definition) is 1. The number of benzene rings is 2. The number of hydrogen-bond acceptors (Lipinski definition) is 4. The molecule has 2 aliphatic rings. The van der Waals surface area contributed by atoms with Crippen LogP contribution in [-0.4, -0.2) is 24.3 Å². The lowest BCUT2D eigenvalue weighted by Gasteiger charge is -2.28. The normalized spacial score (nSPS) is 24.5. The van der Waals surface area contributed by atoms with E-state index in [0.29, 0.717) is 5.56 Å². The van der Waals surface area contributed by atoms with Gasteiger partial charge in [0.25, 0.3) is 5.91 Å². The van der Waals surface area contributed by atoms with Gasteiger partial charge >= 0.3 is 5.97 Å². The summed E-state index contributed by atoms with van der Waals surface area (Å²) in [6.07, 6.45) is 2.81. The lowest BCUT2D eigenvalue weighted by atomic mass is 9.75. The van der Waals surface area contributed by atoms with E-state index >= 15 is 0 Å². The summed E-state index contributed by atoms with van der Waals surface area (Å²) in [7, 11) is 0. The number of aryl methyl sites for hydroxylation is 2. The molecule has 0 heterocycles. The molecule has 0 aromatic heterocycles. The molecule has 30 heavy (non-hydrogen) atoms. The van der Waals surface area contributed by atoms with Crippen LogP contribution in [0.25, 0.3) is 0 Å². The fourth-order valence-electron chi connectivity index (χ4n) is 5.22. The number of rotatable bonds is 6. The molecule has 2 saturated carbocycles. The molecule has 0 aliphatic heterocycles. The van der Waals surface area contributed by atoms with Gasteiger partial charge < -0.3 is 10.1 Å². The molecule has 4 atom stereocenters. The quantitative estimate of drug-likeness (QED) is 0.573. The zero-order chi connectivity index (χ0) is 21.3. The highest BCUT2D eigenvalue weighted by Gasteiger charge is 2.54. The van der Waals surface area contributed by atoms with Crippen LogP contribution in [0.1, 0.15) is 40.7 Å². The largest absolute Gasteiger partial charge is 0.455 e. The topological polar surface area (TPSA) is 72.5 Å². The third-order valence-corrected chi connectivity index (χ3v) is 6.64. The van der Waals surface area contributed by atoms with Crippen LogP contribution in [0.3, 0.4) is 0 Å². The molecule has 2 aromatic rings. The average Bonchev–Trinajstić information content (AvgIpc) is 3.36. The highest BCUT2D eigenvalue weighted by atomic mass is 16.5. The SMILES string of the molecule is Cc1cccc(C)c1NC(=O)COC(=O)[C@H]1[C@H]2CC[C@@H](C2)[C@H]1C(=O)c1ccccc1. The van der Waals surface area contributed by atoms with Crippen LogP contribution in [0.4, 0.5) is 5.69 Å². The first kappa shape index (κ1) is 20.3. The van der Waals surface area contributed by atoms with Crippen molar-refractivity contribution in [2.75, 3.05) is 11.9 Å². The second-order valence-electron chi connectivity index (χ2n) is 8.54. The Labute approximate surface area is 176 Å². The number of carbonyl (C=O) groups excluding carboxylic acids is 3. The number of amides is 1. The number of ether oxygens (including phenoxy) is 1. The first-order valence-electron chi connectivity index (χ1n) is 10.6. The smallest absolute Gasteiger partial charge is 0.310 e. The van der Waals surface area contributed by atoms with Gasteiger partial charge in [-0.15, -0.1) is 0 Å². The van der Waals surface area contributed by atoms with E-state index in [1.807, 2.05) is 50.2 Å². The van der Waals surface area contributed by atoms with Gasteiger partial charge in [-0.25, -0.2) is 0 Å². The molecule has 2 aliphatic carbocycles. The van der Waals surface area contributed by atoms with Gasteiger partial charge in [0.1, 0.15) is 0 Å². The Bertz CT molecular complexity index is 948. The molecule has 2 fully saturated rings. The Morgan fingerprint density at radius 2 is 1.53 bits per heavy atom. The lowest BCUT2D eigenvalue weighted by molar-refractivity contribution is -0.154. The van der Waals surface area contributed by atoms with E-state index in [1.54, 1.807) is 12.1 Å². The van der Waals surface area contributed by atoms with Crippen molar-refractivity contribution in [2.45, 2.75) is 33.1 Å². The Morgan fingerprint density at radius 1 is 0.900 bits per heavy atom. The first-order valence-corrected chi connectivity index (χ1v) is 10.6. The van der Waals surface area contributed by atoms with Crippen molar-refractivity contribution in [1.82, 2.24) is 0 Å². The molecular formula is C25H27NO4. The molecule has 0 radical (unpaired) electrons. The fraction of sp³-hybridized carbons (Fsp3) is 0.400. The van der Waals surface area contributed by atoms with Crippen LogP contribution in [0.2, 0.25) is 0 Å². The van der Waals surface area contributed by atoms with E-state index in [4.69, 9.17) is 4.74 Å². The van der Waals surface area contributed by atoms with Gasteiger partial charge in [-0.1, -0.05) is 48.5 Å². The van der Waals surface area contributed by atoms with Crippen molar-refractivity contribution in [3.63, 3.8) is 0 Å². The van der Waals surface area contributed by atoms with Crippen LogP contribution in [0.15, 0.2) is 48.5 Å². The Morgan fingerprint density at radius 3 is 2.20 bits per heavy atom. The second kappa shape index (κ2) is 8.42. The van der Waals surface area contributed by atoms with Gasteiger partial charge in [-0.05, 0) is 56.1 Å². The number of carbonyl (C=O) groups is 3. The van der Waals surface area contributed by atoms with Crippen molar-refractivity contribution in [3.8, 4) is 0 Å². The molecule has 1 amide bonds. The summed E-state index contributed by atoms with van der Waals surface area (Å²) >= 11 is 0. The zero-order valence-electron chi connectivity index (χ0n) is 17.4. The summed E-state index contributed by atoms with van der Waals surface area (Å²) in [5.74, 6) is -1.18. The minimum absolute atomic E-state index is 0.0183.